The summed E-state index contributed by atoms with van der Waals surface area (Å²) in [5.74, 6) is 0.00244. The maximum atomic E-state index is 10.9. The number of carboxylic acids is 1. The van der Waals surface area contributed by atoms with Crippen molar-refractivity contribution >= 4 is 17.3 Å². The molecule has 0 aliphatic heterocycles. The highest BCUT2D eigenvalue weighted by Crippen LogP contribution is 2.62. The van der Waals surface area contributed by atoms with Gasteiger partial charge in [0.2, 0.25) is 0 Å². The lowest BCUT2D eigenvalue weighted by Crippen LogP contribution is -2.49. The Morgan fingerprint density at radius 1 is 1.50 bits per heavy atom. The fraction of sp³-hybridized carbons (Fsp3) is 0.688. The summed E-state index contributed by atoms with van der Waals surface area (Å²) in [6.07, 6.45) is 4.02. The van der Waals surface area contributed by atoms with Crippen LogP contribution in [-0.2, 0) is 6.54 Å². The van der Waals surface area contributed by atoms with E-state index in [-0.39, 0.29) is 0 Å². The zero-order valence-corrected chi connectivity index (χ0v) is 13.2. The van der Waals surface area contributed by atoms with Gasteiger partial charge in [0.05, 0.1) is 5.56 Å². The van der Waals surface area contributed by atoms with Gasteiger partial charge >= 0.3 is 5.97 Å². The van der Waals surface area contributed by atoms with Crippen LogP contribution < -0.4 is 5.32 Å². The molecule has 4 heteroatoms. The van der Waals surface area contributed by atoms with Crippen molar-refractivity contribution in [2.45, 2.75) is 52.6 Å². The third kappa shape index (κ3) is 2.09. The van der Waals surface area contributed by atoms with E-state index in [0.29, 0.717) is 22.4 Å². The lowest BCUT2D eigenvalue weighted by molar-refractivity contribution is 0.0697. The molecular formula is C16H23NO2S. The number of fused-ring (bicyclic) bond motifs is 2. The highest BCUT2D eigenvalue weighted by molar-refractivity contribution is 7.10. The maximum Gasteiger partial charge on any atom is 0.336 e. The molecule has 0 spiro atoms. The molecule has 2 aliphatic carbocycles. The summed E-state index contributed by atoms with van der Waals surface area (Å²) >= 11 is 1.54. The number of hydrogen-bond acceptors (Lipinski definition) is 3. The van der Waals surface area contributed by atoms with Crippen molar-refractivity contribution in [1.29, 1.82) is 0 Å². The Bertz CT molecular complexity index is 532. The topological polar surface area (TPSA) is 49.3 Å². The first kappa shape index (κ1) is 14.1. The van der Waals surface area contributed by atoms with Crippen LogP contribution in [0.2, 0.25) is 0 Å². The lowest BCUT2D eigenvalue weighted by atomic mass is 9.68. The highest BCUT2D eigenvalue weighted by Gasteiger charge is 2.58. The van der Waals surface area contributed by atoms with Crippen molar-refractivity contribution in [2.75, 3.05) is 0 Å². The number of thiophene rings is 1. The molecule has 20 heavy (non-hydrogen) atoms. The normalized spacial score (nSPS) is 34.5. The standard InChI is InChI=1S/C16H23NO2S/c1-15(2)11-4-5-16(3,7-11)14(15)17-8-12-6-10(9-20-12)13(18)19/h6,9,11,14,17H,4-5,7-8H2,1-3H3,(H,18,19). The van der Waals surface area contributed by atoms with Gasteiger partial charge in [0.15, 0.2) is 0 Å². The predicted molar refractivity (Wildman–Crippen MR) is 81.1 cm³/mol. The Kier molecular flexibility index (Phi) is 3.22. The van der Waals surface area contributed by atoms with E-state index in [0.717, 1.165) is 17.3 Å². The fourth-order valence-corrected chi connectivity index (χ4v) is 5.41. The SMILES string of the molecule is CC12CCC(C1)C(C)(C)C2NCc1cc(C(=O)O)cs1. The van der Waals surface area contributed by atoms with Crippen LogP contribution >= 0.6 is 11.3 Å². The molecule has 3 unspecified atom stereocenters. The molecule has 1 heterocycles. The quantitative estimate of drug-likeness (QED) is 0.889. The van der Waals surface area contributed by atoms with Gasteiger partial charge < -0.3 is 10.4 Å². The molecule has 1 aromatic rings. The number of hydrogen-bond donors (Lipinski definition) is 2. The number of carbonyl (C=O) groups is 1. The average Bonchev–Trinajstić information content (AvgIpc) is 2.99. The summed E-state index contributed by atoms with van der Waals surface area (Å²) < 4.78 is 0. The molecule has 3 nitrogen and oxygen atoms in total. The van der Waals surface area contributed by atoms with E-state index in [9.17, 15) is 4.79 Å². The van der Waals surface area contributed by atoms with Crippen LogP contribution in [0.3, 0.4) is 0 Å². The Balaban J connectivity index is 1.70. The second kappa shape index (κ2) is 4.57. The van der Waals surface area contributed by atoms with Crippen molar-refractivity contribution in [3.8, 4) is 0 Å². The molecule has 110 valence electrons. The number of carboxylic acid groups (broad SMARTS) is 1. The molecule has 3 atom stereocenters. The van der Waals surface area contributed by atoms with E-state index in [2.05, 4.69) is 26.1 Å². The summed E-state index contributed by atoms with van der Waals surface area (Å²) in [4.78, 5) is 12.0. The average molecular weight is 293 g/mol. The second-order valence-corrected chi connectivity index (χ2v) is 8.33. The van der Waals surface area contributed by atoms with Crippen LogP contribution in [-0.4, -0.2) is 17.1 Å². The van der Waals surface area contributed by atoms with Gasteiger partial charge in [-0.2, -0.15) is 0 Å². The van der Waals surface area contributed by atoms with Gasteiger partial charge in [-0.05, 0) is 42.1 Å². The van der Waals surface area contributed by atoms with Gasteiger partial charge in [-0.3, -0.25) is 0 Å². The zero-order valence-electron chi connectivity index (χ0n) is 12.4. The number of rotatable bonds is 4. The molecule has 3 rings (SSSR count). The molecule has 2 saturated carbocycles. The Hall–Kier alpha value is -0.870. The van der Waals surface area contributed by atoms with Crippen molar-refractivity contribution in [3.05, 3.63) is 21.9 Å². The van der Waals surface area contributed by atoms with Crippen molar-refractivity contribution < 1.29 is 9.90 Å². The van der Waals surface area contributed by atoms with Crippen LogP contribution in [0, 0.1) is 16.7 Å². The van der Waals surface area contributed by atoms with Gasteiger partial charge in [0, 0.05) is 22.8 Å². The summed E-state index contributed by atoms with van der Waals surface area (Å²) in [7, 11) is 0. The van der Waals surface area contributed by atoms with Crippen molar-refractivity contribution in [2.24, 2.45) is 16.7 Å². The molecule has 2 bridgehead atoms. The van der Waals surface area contributed by atoms with Crippen molar-refractivity contribution in [1.82, 2.24) is 5.32 Å². The molecule has 2 N–H and O–H groups in total. The van der Waals surface area contributed by atoms with E-state index in [1.54, 1.807) is 11.4 Å². The monoisotopic (exact) mass is 293 g/mol. The predicted octanol–water partition coefficient (Wildman–Crippen LogP) is 3.75. The number of aromatic carboxylic acids is 1. The minimum absolute atomic E-state index is 0.347. The van der Waals surface area contributed by atoms with Crippen LogP contribution in [0.1, 0.15) is 55.3 Å². The van der Waals surface area contributed by atoms with Crippen LogP contribution in [0.5, 0.6) is 0 Å². The van der Waals surface area contributed by atoms with E-state index in [1.807, 2.05) is 0 Å². The van der Waals surface area contributed by atoms with E-state index in [4.69, 9.17) is 5.11 Å². The first-order valence-electron chi connectivity index (χ1n) is 7.37. The van der Waals surface area contributed by atoms with Crippen molar-refractivity contribution in [3.63, 3.8) is 0 Å². The van der Waals surface area contributed by atoms with Crippen LogP contribution in [0.15, 0.2) is 11.4 Å². The fourth-order valence-electron chi connectivity index (χ4n) is 4.60. The van der Waals surface area contributed by atoms with Gasteiger partial charge in [-0.1, -0.05) is 20.8 Å². The molecule has 0 radical (unpaired) electrons. The minimum atomic E-state index is -0.834. The summed E-state index contributed by atoms with van der Waals surface area (Å²) in [5.41, 5.74) is 1.17. The van der Waals surface area contributed by atoms with Gasteiger partial charge in [0.1, 0.15) is 0 Å². The van der Waals surface area contributed by atoms with Crippen LogP contribution in [0.4, 0.5) is 0 Å². The first-order valence-corrected chi connectivity index (χ1v) is 8.25. The van der Waals surface area contributed by atoms with Gasteiger partial charge in [0.25, 0.3) is 0 Å². The first-order chi connectivity index (χ1) is 9.33. The second-order valence-electron chi connectivity index (χ2n) is 7.34. The summed E-state index contributed by atoms with van der Waals surface area (Å²) in [6, 6.07) is 2.33. The highest BCUT2D eigenvalue weighted by atomic mass is 32.1. The van der Waals surface area contributed by atoms with E-state index in [1.165, 1.54) is 30.6 Å². The van der Waals surface area contributed by atoms with Gasteiger partial charge in [-0.15, -0.1) is 11.3 Å². The molecule has 2 fully saturated rings. The van der Waals surface area contributed by atoms with E-state index >= 15 is 0 Å². The largest absolute Gasteiger partial charge is 0.478 e. The third-order valence-corrected chi connectivity index (χ3v) is 6.59. The van der Waals surface area contributed by atoms with Gasteiger partial charge in [-0.25, -0.2) is 4.79 Å². The molecule has 0 saturated heterocycles. The molecule has 0 amide bonds. The Morgan fingerprint density at radius 2 is 2.25 bits per heavy atom. The smallest absolute Gasteiger partial charge is 0.336 e. The molecular weight excluding hydrogens is 270 g/mol. The molecule has 0 aromatic carbocycles. The summed E-state index contributed by atoms with van der Waals surface area (Å²) in [5, 5.41) is 14.4. The Labute approximate surface area is 124 Å². The lowest BCUT2D eigenvalue weighted by Gasteiger charge is -2.43. The van der Waals surface area contributed by atoms with Crippen LogP contribution in [0.25, 0.3) is 0 Å². The third-order valence-electron chi connectivity index (χ3n) is 5.65. The molecule has 1 aromatic heterocycles. The van der Waals surface area contributed by atoms with E-state index < -0.39 is 5.97 Å². The zero-order chi connectivity index (χ0) is 14.5. The summed E-state index contributed by atoms with van der Waals surface area (Å²) in [6.45, 7) is 7.97. The Morgan fingerprint density at radius 3 is 2.80 bits per heavy atom. The minimum Gasteiger partial charge on any atom is -0.478 e. The molecule has 2 aliphatic rings. The number of nitrogens with one attached hydrogen (secondary N) is 1. The maximum absolute atomic E-state index is 10.9.